The molecule has 0 unspecified atom stereocenters. The van der Waals surface area contributed by atoms with Crippen LogP contribution in [0, 0.1) is 0 Å². The number of ketones is 1. The molecule has 1 amide bonds. The third-order valence-corrected chi connectivity index (χ3v) is 5.66. The summed E-state index contributed by atoms with van der Waals surface area (Å²) in [5.41, 5.74) is 9.14. The Morgan fingerprint density at radius 2 is 1.60 bits per heavy atom. The van der Waals surface area contributed by atoms with E-state index in [0.29, 0.717) is 46.3 Å². The first-order valence-corrected chi connectivity index (χ1v) is 10.7. The number of carbonyl (C=O) groups is 2. The Hall–Kier alpha value is -2.27. The fraction of sp³-hybridized carbons (Fsp3) is 0.217. The number of Topliss-reactive ketones (excluding diaryl/α,β-unsaturated/α-hetero) is 1. The predicted octanol–water partition coefficient (Wildman–Crippen LogP) is 6.51. The highest BCUT2D eigenvalue weighted by Crippen LogP contribution is 2.36. The largest absolute Gasteiger partial charge is 0.370 e. The van der Waals surface area contributed by atoms with Gasteiger partial charge in [-0.25, -0.2) is 0 Å². The van der Waals surface area contributed by atoms with Gasteiger partial charge in [-0.15, -0.1) is 0 Å². The van der Waals surface area contributed by atoms with Gasteiger partial charge in [-0.1, -0.05) is 34.8 Å². The Morgan fingerprint density at radius 1 is 0.933 bits per heavy atom. The fourth-order valence-electron chi connectivity index (χ4n) is 3.47. The molecule has 0 radical (unpaired) electrons. The summed E-state index contributed by atoms with van der Waals surface area (Å²) in [5.74, 6) is -0.373. The van der Waals surface area contributed by atoms with E-state index >= 15 is 0 Å². The number of hydrogen-bond donors (Lipinski definition) is 1. The van der Waals surface area contributed by atoms with Crippen LogP contribution in [0.5, 0.6) is 0 Å². The lowest BCUT2D eigenvalue weighted by atomic mass is 10.1. The lowest BCUT2D eigenvalue weighted by Gasteiger charge is -2.16. The Morgan fingerprint density at radius 3 is 2.20 bits per heavy atom. The van der Waals surface area contributed by atoms with Gasteiger partial charge in [-0.3, -0.25) is 9.59 Å². The maximum absolute atomic E-state index is 12.5. The van der Waals surface area contributed by atoms with Gasteiger partial charge in [0.2, 0.25) is 5.91 Å². The average Bonchev–Trinajstić information content (AvgIpc) is 3.05. The summed E-state index contributed by atoms with van der Waals surface area (Å²) in [5, 5.41) is 1.64. The van der Waals surface area contributed by atoms with Crippen LogP contribution in [0.4, 0.5) is 0 Å². The Kier molecular flexibility index (Phi) is 7.24. The zero-order valence-corrected chi connectivity index (χ0v) is 18.7. The summed E-state index contributed by atoms with van der Waals surface area (Å²) in [7, 11) is 0. The molecule has 3 aromatic rings. The van der Waals surface area contributed by atoms with Crippen molar-refractivity contribution >= 4 is 46.5 Å². The zero-order valence-electron chi connectivity index (χ0n) is 16.4. The molecule has 0 bridgehead atoms. The van der Waals surface area contributed by atoms with Gasteiger partial charge in [-0.05, 0) is 74.7 Å². The number of primary amides is 1. The molecule has 4 nitrogen and oxygen atoms in total. The first kappa shape index (κ1) is 22.4. The summed E-state index contributed by atoms with van der Waals surface area (Å²) < 4.78 is 2.02. The van der Waals surface area contributed by atoms with Crippen LogP contribution >= 0.6 is 34.8 Å². The Balaban J connectivity index is 2.17. The van der Waals surface area contributed by atoms with Gasteiger partial charge in [0.1, 0.15) is 0 Å². The topological polar surface area (TPSA) is 65.1 Å². The second-order valence-corrected chi connectivity index (χ2v) is 8.34. The van der Waals surface area contributed by atoms with Gasteiger partial charge in [0.05, 0.1) is 10.7 Å². The molecule has 2 aromatic carbocycles. The summed E-state index contributed by atoms with van der Waals surface area (Å²) in [6, 6.07) is 14.5. The smallest absolute Gasteiger partial charge is 0.217 e. The number of halogens is 3. The molecule has 0 spiro atoms. The Labute approximate surface area is 190 Å². The summed E-state index contributed by atoms with van der Waals surface area (Å²) in [6.45, 7) is 1.54. The van der Waals surface area contributed by atoms with E-state index in [9.17, 15) is 9.59 Å². The molecule has 0 fully saturated rings. The summed E-state index contributed by atoms with van der Waals surface area (Å²) in [4.78, 5) is 23.6. The van der Waals surface area contributed by atoms with E-state index < -0.39 is 0 Å². The molecule has 156 valence electrons. The van der Waals surface area contributed by atoms with E-state index in [0.717, 1.165) is 22.6 Å². The highest BCUT2D eigenvalue weighted by atomic mass is 35.5. The van der Waals surface area contributed by atoms with Crippen molar-refractivity contribution in [1.29, 1.82) is 0 Å². The number of amides is 1. The van der Waals surface area contributed by atoms with E-state index in [1.165, 1.54) is 0 Å². The van der Waals surface area contributed by atoms with E-state index in [1.54, 1.807) is 31.2 Å². The summed E-state index contributed by atoms with van der Waals surface area (Å²) in [6.07, 6.45) is 2.28. The number of carbonyl (C=O) groups excluding carboxylic acids is 2. The van der Waals surface area contributed by atoms with Gasteiger partial charge in [0.15, 0.2) is 5.78 Å². The van der Waals surface area contributed by atoms with Crippen LogP contribution < -0.4 is 5.73 Å². The van der Waals surface area contributed by atoms with E-state index in [1.807, 2.05) is 28.8 Å². The first-order chi connectivity index (χ1) is 14.3. The van der Waals surface area contributed by atoms with Gasteiger partial charge >= 0.3 is 0 Å². The number of nitrogens with zero attached hydrogens (tertiary/aromatic N) is 1. The van der Waals surface area contributed by atoms with Crippen molar-refractivity contribution in [3.63, 3.8) is 0 Å². The molecule has 0 saturated carbocycles. The van der Waals surface area contributed by atoms with Crippen LogP contribution in [0.15, 0.2) is 48.5 Å². The molecule has 30 heavy (non-hydrogen) atoms. The SMILES string of the molecule is CC(=O)c1cc(-c2ccc(Cl)cc2Cl)n(-c2ccc(Cl)cc2)c1CCCCC(N)=O. The highest BCUT2D eigenvalue weighted by molar-refractivity contribution is 6.36. The van der Waals surface area contributed by atoms with E-state index in [-0.39, 0.29) is 11.7 Å². The minimum absolute atomic E-state index is 0.0426. The number of nitrogens with two attached hydrogens (primary N) is 1. The van der Waals surface area contributed by atoms with Gasteiger partial charge in [-0.2, -0.15) is 0 Å². The van der Waals surface area contributed by atoms with Crippen molar-refractivity contribution in [3.8, 4) is 16.9 Å². The number of aromatic nitrogens is 1. The van der Waals surface area contributed by atoms with Crippen LogP contribution in [0.25, 0.3) is 16.9 Å². The molecule has 3 rings (SSSR count). The van der Waals surface area contributed by atoms with Crippen LogP contribution in [0.3, 0.4) is 0 Å². The molecular formula is C23H21Cl3N2O2. The van der Waals surface area contributed by atoms with Crippen LogP contribution in [0.2, 0.25) is 15.1 Å². The molecular weight excluding hydrogens is 443 g/mol. The molecule has 0 aliphatic carbocycles. The zero-order chi connectivity index (χ0) is 21.8. The van der Waals surface area contributed by atoms with Gasteiger partial charge in [0.25, 0.3) is 0 Å². The number of benzene rings is 2. The van der Waals surface area contributed by atoms with E-state index in [2.05, 4.69) is 0 Å². The molecule has 7 heteroatoms. The van der Waals surface area contributed by atoms with E-state index in [4.69, 9.17) is 40.5 Å². The molecule has 0 saturated heterocycles. The Bertz CT molecular complexity index is 1090. The third-order valence-electron chi connectivity index (χ3n) is 4.86. The molecule has 2 N–H and O–H groups in total. The standard InChI is InChI=1S/C23H21Cl3N2O2/c1-14(29)19-13-22(18-11-8-16(25)12-20(18)26)28(17-9-6-15(24)7-10-17)21(19)4-2-3-5-23(27)30/h6-13H,2-5H2,1H3,(H2,27,30). The first-order valence-electron chi connectivity index (χ1n) is 9.53. The molecule has 0 aliphatic heterocycles. The van der Waals surface area contributed by atoms with Crippen molar-refractivity contribution in [1.82, 2.24) is 4.57 Å². The van der Waals surface area contributed by atoms with Crippen molar-refractivity contribution in [2.75, 3.05) is 0 Å². The van der Waals surface area contributed by atoms with Crippen molar-refractivity contribution in [3.05, 3.63) is 74.9 Å². The number of unbranched alkanes of at least 4 members (excludes halogenated alkanes) is 1. The van der Waals surface area contributed by atoms with Crippen molar-refractivity contribution in [2.24, 2.45) is 5.73 Å². The number of rotatable bonds is 8. The molecule has 0 atom stereocenters. The predicted molar refractivity (Wildman–Crippen MR) is 123 cm³/mol. The third kappa shape index (κ3) is 5.07. The van der Waals surface area contributed by atoms with Crippen LogP contribution in [-0.2, 0) is 11.2 Å². The monoisotopic (exact) mass is 462 g/mol. The molecule has 1 aromatic heterocycles. The lowest BCUT2D eigenvalue weighted by Crippen LogP contribution is -2.10. The van der Waals surface area contributed by atoms with Gasteiger partial charge < -0.3 is 10.3 Å². The maximum atomic E-state index is 12.5. The highest BCUT2D eigenvalue weighted by Gasteiger charge is 2.21. The fourth-order valence-corrected chi connectivity index (χ4v) is 4.11. The van der Waals surface area contributed by atoms with Crippen LogP contribution in [-0.4, -0.2) is 16.3 Å². The minimum Gasteiger partial charge on any atom is -0.370 e. The minimum atomic E-state index is -0.330. The van der Waals surface area contributed by atoms with Crippen molar-refractivity contribution < 1.29 is 9.59 Å². The average molecular weight is 464 g/mol. The normalized spacial score (nSPS) is 10.9. The second-order valence-electron chi connectivity index (χ2n) is 7.06. The van der Waals surface area contributed by atoms with Crippen molar-refractivity contribution in [2.45, 2.75) is 32.6 Å². The van der Waals surface area contributed by atoms with Gasteiger partial charge in [0, 0.05) is 39.0 Å². The number of hydrogen-bond acceptors (Lipinski definition) is 2. The lowest BCUT2D eigenvalue weighted by molar-refractivity contribution is -0.118. The second kappa shape index (κ2) is 9.69. The maximum Gasteiger partial charge on any atom is 0.217 e. The summed E-state index contributed by atoms with van der Waals surface area (Å²) >= 11 is 18.7. The molecule has 1 heterocycles. The van der Waals surface area contributed by atoms with Crippen LogP contribution in [0.1, 0.15) is 42.2 Å². The molecule has 0 aliphatic rings. The quantitative estimate of drug-likeness (QED) is 0.306.